The molecule has 0 atom stereocenters. The van der Waals surface area contributed by atoms with Crippen LogP contribution in [0.2, 0.25) is 0 Å². The molecule has 1 fully saturated rings. The number of nitrogens with one attached hydrogen (secondary N) is 1. The van der Waals surface area contributed by atoms with Crippen LogP contribution in [0, 0.1) is 0 Å². The van der Waals surface area contributed by atoms with Crippen molar-refractivity contribution in [3.8, 4) is 0 Å². The summed E-state index contributed by atoms with van der Waals surface area (Å²) in [7, 11) is 0. The molecule has 1 heterocycles. The summed E-state index contributed by atoms with van der Waals surface area (Å²) in [5.41, 5.74) is 5.78. The summed E-state index contributed by atoms with van der Waals surface area (Å²) in [6.45, 7) is 5.89. The van der Waals surface area contributed by atoms with Gasteiger partial charge in [-0.25, -0.2) is 0 Å². The second kappa shape index (κ2) is 6.54. The van der Waals surface area contributed by atoms with Crippen LogP contribution in [0.15, 0.2) is 0 Å². The van der Waals surface area contributed by atoms with Gasteiger partial charge in [-0.05, 0) is 26.7 Å². The summed E-state index contributed by atoms with van der Waals surface area (Å²) in [4.78, 5) is 15.0. The van der Waals surface area contributed by atoms with Gasteiger partial charge in [0, 0.05) is 19.1 Å². The third-order valence-corrected chi connectivity index (χ3v) is 3.63. The Kier molecular flexibility index (Phi) is 4.76. The molecule has 0 saturated heterocycles. The first kappa shape index (κ1) is 13.8. The maximum atomic E-state index is 5.78. The lowest BCUT2D eigenvalue weighted by Crippen LogP contribution is -2.27. The third-order valence-electron chi connectivity index (χ3n) is 3.63. The number of nitrogens with zero attached hydrogens (tertiary/aromatic N) is 4. The van der Waals surface area contributed by atoms with Crippen molar-refractivity contribution in [2.75, 3.05) is 29.0 Å². The Balaban J connectivity index is 2.11. The van der Waals surface area contributed by atoms with Gasteiger partial charge in [0.05, 0.1) is 0 Å². The van der Waals surface area contributed by atoms with E-state index in [2.05, 4.69) is 39.0 Å². The Labute approximate surface area is 114 Å². The first-order valence-electron chi connectivity index (χ1n) is 7.26. The number of hydrogen-bond donors (Lipinski definition) is 2. The minimum absolute atomic E-state index is 0.287. The van der Waals surface area contributed by atoms with Gasteiger partial charge in [-0.1, -0.05) is 19.3 Å². The fourth-order valence-corrected chi connectivity index (χ4v) is 2.52. The molecule has 1 aromatic heterocycles. The minimum Gasteiger partial charge on any atom is -0.368 e. The molecule has 0 bridgehead atoms. The molecule has 6 nitrogen and oxygen atoms in total. The summed E-state index contributed by atoms with van der Waals surface area (Å²) in [5, 5.41) is 3.40. The predicted molar refractivity (Wildman–Crippen MR) is 78.3 cm³/mol. The van der Waals surface area contributed by atoms with Crippen molar-refractivity contribution in [3.63, 3.8) is 0 Å². The lowest BCUT2D eigenvalue weighted by molar-refractivity contribution is 0.460. The van der Waals surface area contributed by atoms with Crippen LogP contribution in [0.1, 0.15) is 46.0 Å². The van der Waals surface area contributed by atoms with Crippen molar-refractivity contribution in [1.82, 2.24) is 15.0 Å². The van der Waals surface area contributed by atoms with E-state index in [1.54, 1.807) is 0 Å². The molecule has 1 saturated carbocycles. The van der Waals surface area contributed by atoms with Crippen molar-refractivity contribution >= 4 is 17.8 Å². The van der Waals surface area contributed by atoms with Crippen LogP contribution < -0.4 is 16.0 Å². The molecule has 0 aromatic carbocycles. The smallest absolute Gasteiger partial charge is 0.231 e. The Morgan fingerprint density at radius 3 is 2.42 bits per heavy atom. The number of anilines is 3. The highest BCUT2D eigenvalue weighted by molar-refractivity contribution is 5.42. The van der Waals surface area contributed by atoms with Crippen molar-refractivity contribution in [2.45, 2.75) is 52.0 Å². The Morgan fingerprint density at radius 1 is 1.11 bits per heavy atom. The van der Waals surface area contributed by atoms with E-state index in [9.17, 15) is 0 Å². The van der Waals surface area contributed by atoms with E-state index < -0.39 is 0 Å². The first-order valence-corrected chi connectivity index (χ1v) is 7.26. The SMILES string of the molecule is CCN(CC)c1nc(N)nc(NC2CCCCC2)n1. The number of rotatable bonds is 5. The van der Waals surface area contributed by atoms with Crippen LogP contribution in [-0.2, 0) is 0 Å². The van der Waals surface area contributed by atoms with Crippen molar-refractivity contribution in [3.05, 3.63) is 0 Å². The topological polar surface area (TPSA) is 80.0 Å². The van der Waals surface area contributed by atoms with E-state index in [0.29, 0.717) is 17.9 Å². The highest BCUT2D eigenvalue weighted by Crippen LogP contribution is 2.21. The zero-order valence-electron chi connectivity index (χ0n) is 11.9. The van der Waals surface area contributed by atoms with Gasteiger partial charge in [0.2, 0.25) is 17.8 Å². The van der Waals surface area contributed by atoms with Gasteiger partial charge in [0.15, 0.2) is 0 Å². The van der Waals surface area contributed by atoms with Crippen LogP contribution in [-0.4, -0.2) is 34.1 Å². The first-order chi connectivity index (χ1) is 9.22. The lowest BCUT2D eigenvalue weighted by atomic mass is 9.96. The predicted octanol–water partition coefficient (Wildman–Crippen LogP) is 2.04. The molecule has 3 N–H and O–H groups in total. The van der Waals surface area contributed by atoms with Gasteiger partial charge in [-0.3, -0.25) is 0 Å². The Hall–Kier alpha value is -1.59. The zero-order chi connectivity index (χ0) is 13.7. The summed E-state index contributed by atoms with van der Waals surface area (Å²) >= 11 is 0. The average molecular weight is 264 g/mol. The van der Waals surface area contributed by atoms with E-state index in [4.69, 9.17) is 5.73 Å². The monoisotopic (exact) mass is 264 g/mol. The van der Waals surface area contributed by atoms with Crippen LogP contribution in [0.25, 0.3) is 0 Å². The lowest BCUT2D eigenvalue weighted by Gasteiger charge is -2.24. The fourth-order valence-electron chi connectivity index (χ4n) is 2.52. The van der Waals surface area contributed by atoms with Gasteiger partial charge >= 0.3 is 0 Å². The van der Waals surface area contributed by atoms with E-state index >= 15 is 0 Å². The molecule has 0 unspecified atom stereocenters. The second-order valence-electron chi connectivity index (χ2n) is 4.97. The largest absolute Gasteiger partial charge is 0.368 e. The fraction of sp³-hybridized carbons (Fsp3) is 0.769. The van der Waals surface area contributed by atoms with Crippen LogP contribution in [0.4, 0.5) is 17.8 Å². The molecule has 6 heteroatoms. The molecular weight excluding hydrogens is 240 g/mol. The van der Waals surface area contributed by atoms with E-state index in [0.717, 1.165) is 13.1 Å². The quantitative estimate of drug-likeness (QED) is 0.847. The summed E-state index contributed by atoms with van der Waals surface area (Å²) in [5.74, 6) is 1.56. The summed E-state index contributed by atoms with van der Waals surface area (Å²) in [6.07, 6.45) is 6.27. The van der Waals surface area contributed by atoms with Gasteiger partial charge < -0.3 is 16.0 Å². The zero-order valence-corrected chi connectivity index (χ0v) is 11.9. The highest BCUT2D eigenvalue weighted by atomic mass is 15.3. The molecule has 0 aliphatic heterocycles. The van der Waals surface area contributed by atoms with Crippen LogP contribution >= 0.6 is 0 Å². The molecule has 0 amide bonds. The van der Waals surface area contributed by atoms with Crippen LogP contribution in [0.5, 0.6) is 0 Å². The van der Waals surface area contributed by atoms with Crippen LogP contribution in [0.3, 0.4) is 0 Å². The minimum atomic E-state index is 0.287. The molecule has 1 aromatic rings. The normalized spacial score (nSPS) is 16.3. The van der Waals surface area contributed by atoms with E-state index in [-0.39, 0.29) is 5.95 Å². The van der Waals surface area contributed by atoms with Gasteiger partial charge in [-0.2, -0.15) is 15.0 Å². The molecular formula is C13H24N6. The maximum absolute atomic E-state index is 5.78. The Bertz CT molecular complexity index is 398. The van der Waals surface area contributed by atoms with Crippen molar-refractivity contribution < 1.29 is 0 Å². The molecule has 2 rings (SSSR count). The van der Waals surface area contributed by atoms with Crippen molar-refractivity contribution in [1.29, 1.82) is 0 Å². The average Bonchev–Trinajstić information content (AvgIpc) is 2.40. The van der Waals surface area contributed by atoms with E-state index in [1.807, 2.05) is 0 Å². The summed E-state index contributed by atoms with van der Waals surface area (Å²) in [6, 6.07) is 0.472. The second-order valence-corrected chi connectivity index (χ2v) is 4.97. The highest BCUT2D eigenvalue weighted by Gasteiger charge is 2.16. The van der Waals surface area contributed by atoms with Gasteiger partial charge in [-0.15, -0.1) is 0 Å². The number of hydrogen-bond acceptors (Lipinski definition) is 6. The van der Waals surface area contributed by atoms with E-state index in [1.165, 1.54) is 32.1 Å². The third kappa shape index (κ3) is 3.68. The Morgan fingerprint density at radius 2 is 1.79 bits per heavy atom. The molecule has 1 aliphatic rings. The molecule has 106 valence electrons. The maximum Gasteiger partial charge on any atom is 0.231 e. The number of aromatic nitrogens is 3. The molecule has 0 spiro atoms. The number of nitrogen functional groups attached to an aromatic ring is 1. The molecule has 0 radical (unpaired) electrons. The summed E-state index contributed by atoms with van der Waals surface area (Å²) < 4.78 is 0. The standard InChI is InChI=1S/C13H24N6/c1-3-19(4-2)13-17-11(14)16-12(18-13)15-10-8-6-5-7-9-10/h10H,3-9H2,1-2H3,(H3,14,15,16,17,18). The molecule has 19 heavy (non-hydrogen) atoms. The molecule has 1 aliphatic carbocycles. The van der Waals surface area contributed by atoms with Gasteiger partial charge in [0.25, 0.3) is 0 Å². The van der Waals surface area contributed by atoms with Gasteiger partial charge in [0.1, 0.15) is 0 Å². The number of nitrogens with two attached hydrogens (primary N) is 1. The van der Waals surface area contributed by atoms with Crippen molar-refractivity contribution in [2.24, 2.45) is 0 Å².